The average Bonchev–Trinajstić information content (AvgIpc) is 3.28. The molecule has 0 saturated heterocycles. The molecule has 0 atom stereocenters. The molecule has 0 aliphatic heterocycles. The zero-order valence-corrected chi connectivity index (χ0v) is 18.9. The second-order valence-corrected chi connectivity index (χ2v) is 8.45. The number of fused-ring (bicyclic) bond motifs is 2. The van der Waals surface area contributed by atoms with Crippen LogP contribution in [-0.4, -0.2) is 50.6 Å². The highest BCUT2D eigenvalue weighted by molar-refractivity contribution is 5.94. The molecule has 7 nitrogen and oxygen atoms in total. The van der Waals surface area contributed by atoms with Crippen molar-refractivity contribution < 1.29 is 4.79 Å². The standard InChI is InChI=1S/C24H30N6O/c1-16-14-23-25-17(2)21(18(3)30(23)27-16)7-9-24(31)26-20-6-8-22-19(15-20)10-11-29(22)13-12-28(4)5/h6,8,10-11,14-15H,7,9,12-13H2,1-5H3,(H,26,31). The summed E-state index contributed by atoms with van der Waals surface area (Å²) in [6, 6.07) is 10.2. The molecule has 0 bridgehead atoms. The summed E-state index contributed by atoms with van der Waals surface area (Å²) in [5, 5.41) is 8.69. The molecule has 4 aromatic rings. The van der Waals surface area contributed by atoms with Gasteiger partial charge in [0.15, 0.2) is 5.65 Å². The fourth-order valence-corrected chi connectivity index (χ4v) is 4.05. The van der Waals surface area contributed by atoms with E-state index in [2.05, 4.69) is 57.3 Å². The minimum Gasteiger partial charge on any atom is -0.346 e. The lowest BCUT2D eigenvalue weighted by molar-refractivity contribution is -0.116. The summed E-state index contributed by atoms with van der Waals surface area (Å²) in [5.74, 6) is 0.00179. The number of nitrogens with zero attached hydrogens (tertiary/aromatic N) is 5. The van der Waals surface area contributed by atoms with Gasteiger partial charge in [-0.25, -0.2) is 9.50 Å². The predicted molar refractivity (Wildman–Crippen MR) is 125 cm³/mol. The molecule has 0 spiro atoms. The molecule has 4 rings (SSSR count). The van der Waals surface area contributed by atoms with Gasteiger partial charge in [-0.2, -0.15) is 5.10 Å². The van der Waals surface area contributed by atoms with E-state index < -0.39 is 0 Å². The van der Waals surface area contributed by atoms with E-state index in [4.69, 9.17) is 0 Å². The van der Waals surface area contributed by atoms with Gasteiger partial charge in [0, 0.05) is 59.8 Å². The van der Waals surface area contributed by atoms with Gasteiger partial charge in [-0.05, 0) is 71.1 Å². The SMILES string of the molecule is Cc1cc2nc(C)c(CCC(=O)Nc3ccc4c(ccn4CCN(C)C)c3)c(C)n2n1. The fraction of sp³-hybridized carbons (Fsp3) is 0.375. The van der Waals surface area contributed by atoms with Crippen LogP contribution in [0.25, 0.3) is 16.6 Å². The van der Waals surface area contributed by atoms with Gasteiger partial charge >= 0.3 is 0 Å². The van der Waals surface area contributed by atoms with E-state index in [1.54, 1.807) is 0 Å². The lowest BCUT2D eigenvalue weighted by Crippen LogP contribution is -2.17. The Morgan fingerprint density at radius 2 is 1.94 bits per heavy atom. The molecule has 3 aromatic heterocycles. The Balaban J connectivity index is 1.43. The molecular formula is C24H30N6O. The van der Waals surface area contributed by atoms with Gasteiger partial charge < -0.3 is 14.8 Å². The van der Waals surface area contributed by atoms with Crippen molar-refractivity contribution in [3.8, 4) is 0 Å². The summed E-state index contributed by atoms with van der Waals surface area (Å²) >= 11 is 0. The zero-order chi connectivity index (χ0) is 22.1. The highest BCUT2D eigenvalue weighted by Crippen LogP contribution is 2.22. The van der Waals surface area contributed by atoms with E-state index >= 15 is 0 Å². The summed E-state index contributed by atoms with van der Waals surface area (Å²) in [5.41, 5.74) is 6.89. The lowest BCUT2D eigenvalue weighted by atomic mass is 10.1. The van der Waals surface area contributed by atoms with Crippen molar-refractivity contribution in [1.82, 2.24) is 24.1 Å². The first kappa shape index (κ1) is 21.1. The summed E-state index contributed by atoms with van der Waals surface area (Å²) in [7, 11) is 4.15. The lowest BCUT2D eigenvalue weighted by Gasteiger charge is -2.12. The highest BCUT2D eigenvalue weighted by atomic mass is 16.1. The summed E-state index contributed by atoms with van der Waals surface area (Å²) in [6.45, 7) is 7.92. The van der Waals surface area contributed by atoms with E-state index in [9.17, 15) is 4.79 Å². The van der Waals surface area contributed by atoms with Crippen LogP contribution in [-0.2, 0) is 17.8 Å². The van der Waals surface area contributed by atoms with Crippen LogP contribution in [0.5, 0.6) is 0 Å². The van der Waals surface area contributed by atoms with Crippen molar-refractivity contribution in [3.05, 3.63) is 59.2 Å². The molecule has 1 amide bonds. The minimum absolute atomic E-state index is 0.00179. The van der Waals surface area contributed by atoms with Crippen molar-refractivity contribution in [1.29, 1.82) is 0 Å². The number of aromatic nitrogens is 4. The summed E-state index contributed by atoms with van der Waals surface area (Å²) in [6.07, 6.45) is 3.14. The van der Waals surface area contributed by atoms with E-state index in [0.717, 1.165) is 52.5 Å². The Kier molecular flexibility index (Phi) is 5.78. The molecule has 7 heteroatoms. The van der Waals surface area contributed by atoms with E-state index in [1.165, 1.54) is 5.52 Å². The Morgan fingerprint density at radius 3 is 2.71 bits per heavy atom. The molecule has 162 valence electrons. The highest BCUT2D eigenvalue weighted by Gasteiger charge is 2.13. The average molecular weight is 419 g/mol. The first-order chi connectivity index (χ1) is 14.8. The minimum atomic E-state index is 0.00179. The largest absolute Gasteiger partial charge is 0.346 e. The van der Waals surface area contributed by atoms with Crippen LogP contribution in [0.1, 0.15) is 29.1 Å². The molecule has 0 radical (unpaired) electrons. The van der Waals surface area contributed by atoms with Crippen LogP contribution in [0.2, 0.25) is 0 Å². The number of rotatable bonds is 7. The van der Waals surface area contributed by atoms with Crippen LogP contribution in [0, 0.1) is 20.8 Å². The Hall–Kier alpha value is -3.19. The maximum atomic E-state index is 12.6. The molecule has 0 aliphatic carbocycles. The molecule has 1 N–H and O–H groups in total. The third-order valence-corrected chi connectivity index (χ3v) is 5.73. The monoisotopic (exact) mass is 418 g/mol. The van der Waals surface area contributed by atoms with Crippen LogP contribution in [0.15, 0.2) is 36.5 Å². The van der Waals surface area contributed by atoms with E-state index in [1.807, 2.05) is 43.5 Å². The first-order valence-corrected chi connectivity index (χ1v) is 10.7. The second-order valence-electron chi connectivity index (χ2n) is 8.45. The number of nitrogens with one attached hydrogen (secondary N) is 1. The number of likely N-dealkylation sites (N-methyl/N-ethyl adjacent to an activating group) is 1. The van der Waals surface area contributed by atoms with Crippen LogP contribution >= 0.6 is 0 Å². The Morgan fingerprint density at radius 1 is 1.13 bits per heavy atom. The maximum absolute atomic E-state index is 12.6. The number of amides is 1. The molecule has 0 saturated carbocycles. The van der Waals surface area contributed by atoms with Gasteiger partial charge in [-0.3, -0.25) is 4.79 Å². The molecule has 0 unspecified atom stereocenters. The Labute approximate surface area is 182 Å². The van der Waals surface area contributed by atoms with Crippen molar-refractivity contribution in [2.75, 3.05) is 26.0 Å². The molecular weight excluding hydrogens is 388 g/mol. The summed E-state index contributed by atoms with van der Waals surface area (Å²) in [4.78, 5) is 19.4. The van der Waals surface area contributed by atoms with Gasteiger partial charge in [0.05, 0.1) is 5.69 Å². The quantitative estimate of drug-likeness (QED) is 0.496. The van der Waals surface area contributed by atoms with Crippen LogP contribution in [0.4, 0.5) is 5.69 Å². The molecule has 0 aliphatic rings. The van der Waals surface area contributed by atoms with Gasteiger partial charge in [0.25, 0.3) is 0 Å². The third-order valence-electron chi connectivity index (χ3n) is 5.73. The summed E-state index contributed by atoms with van der Waals surface area (Å²) < 4.78 is 4.11. The number of aryl methyl sites for hydroxylation is 3. The number of benzene rings is 1. The number of hydrogen-bond acceptors (Lipinski definition) is 4. The van der Waals surface area contributed by atoms with Crippen molar-refractivity contribution in [2.45, 2.75) is 40.2 Å². The maximum Gasteiger partial charge on any atom is 0.224 e. The first-order valence-electron chi connectivity index (χ1n) is 10.7. The van der Waals surface area contributed by atoms with Crippen molar-refractivity contribution in [2.24, 2.45) is 0 Å². The number of carbonyl (C=O) groups is 1. The smallest absolute Gasteiger partial charge is 0.224 e. The van der Waals surface area contributed by atoms with E-state index in [-0.39, 0.29) is 5.91 Å². The Bertz CT molecular complexity index is 1250. The number of anilines is 1. The van der Waals surface area contributed by atoms with Gasteiger partial charge in [0.1, 0.15) is 0 Å². The zero-order valence-electron chi connectivity index (χ0n) is 18.9. The fourth-order valence-electron chi connectivity index (χ4n) is 4.05. The molecule has 31 heavy (non-hydrogen) atoms. The molecule has 0 fully saturated rings. The molecule has 1 aromatic carbocycles. The topological polar surface area (TPSA) is 67.5 Å². The van der Waals surface area contributed by atoms with Crippen molar-refractivity contribution in [3.63, 3.8) is 0 Å². The van der Waals surface area contributed by atoms with Crippen molar-refractivity contribution >= 4 is 28.1 Å². The number of carbonyl (C=O) groups excluding carboxylic acids is 1. The van der Waals surface area contributed by atoms with Gasteiger partial charge in [-0.15, -0.1) is 0 Å². The number of hydrogen-bond donors (Lipinski definition) is 1. The predicted octanol–water partition coefficient (Wildman–Crippen LogP) is 3.74. The second kappa shape index (κ2) is 8.51. The molecule has 3 heterocycles. The van der Waals surface area contributed by atoms with Crippen LogP contribution in [0.3, 0.4) is 0 Å². The van der Waals surface area contributed by atoms with Gasteiger partial charge in [0.2, 0.25) is 5.91 Å². The normalized spacial score (nSPS) is 11.7. The van der Waals surface area contributed by atoms with Crippen LogP contribution < -0.4 is 5.32 Å². The third kappa shape index (κ3) is 4.46. The van der Waals surface area contributed by atoms with Gasteiger partial charge in [-0.1, -0.05) is 0 Å². The van der Waals surface area contributed by atoms with E-state index in [0.29, 0.717) is 12.8 Å².